The Kier molecular flexibility index (Phi) is 7.05. The number of hydrogen-bond acceptors (Lipinski definition) is 3. The third kappa shape index (κ3) is 4.48. The molecule has 7 heteroatoms. The Bertz CT molecular complexity index is 573. The molecule has 1 aromatic rings. The molecule has 2 fully saturated rings. The predicted molar refractivity (Wildman–Crippen MR) is 99.6 cm³/mol. The minimum atomic E-state index is 0. The monoisotopic (exact) mass is 392 g/mol. The maximum Gasteiger partial charge on any atom is 0.225 e. The predicted octanol–water partition coefficient (Wildman–Crippen LogP) is 3.93. The van der Waals surface area contributed by atoms with Gasteiger partial charge in [0, 0.05) is 25.2 Å². The van der Waals surface area contributed by atoms with Crippen molar-refractivity contribution in [1.82, 2.24) is 10.2 Å². The Morgan fingerprint density at radius 2 is 1.96 bits per heavy atom. The van der Waals surface area contributed by atoms with Gasteiger partial charge in [-0.05, 0) is 37.8 Å². The van der Waals surface area contributed by atoms with Gasteiger partial charge in [-0.2, -0.15) is 0 Å². The highest BCUT2D eigenvalue weighted by atomic mass is 35.5. The van der Waals surface area contributed by atoms with Gasteiger partial charge in [0.2, 0.25) is 5.91 Å². The molecule has 4 nitrogen and oxygen atoms in total. The Morgan fingerprint density at radius 3 is 2.62 bits per heavy atom. The summed E-state index contributed by atoms with van der Waals surface area (Å²) in [4.78, 5) is 14.3. The molecule has 3 rings (SSSR count). The standard InChI is InChI=1S/C17H22Cl2N2O2.ClH/c1-21(13-9-11-5-6-12(10-13)20-11)16(22)7-8-23-15-4-2-3-14(18)17(15)19;/h2-4,11-13,20H,5-10H2,1H3;1H. The van der Waals surface area contributed by atoms with Gasteiger partial charge in [-0.15, -0.1) is 12.4 Å². The first-order chi connectivity index (χ1) is 11.0. The Labute approximate surface area is 159 Å². The summed E-state index contributed by atoms with van der Waals surface area (Å²) in [6.07, 6.45) is 4.93. The van der Waals surface area contributed by atoms with Crippen molar-refractivity contribution in [3.05, 3.63) is 28.2 Å². The molecule has 1 aromatic carbocycles. The van der Waals surface area contributed by atoms with E-state index in [0.717, 1.165) is 12.8 Å². The molecule has 2 bridgehead atoms. The Morgan fingerprint density at radius 1 is 1.29 bits per heavy atom. The highest BCUT2D eigenvalue weighted by molar-refractivity contribution is 6.42. The number of benzene rings is 1. The molecule has 2 atom stereocenters. The molecule has 2 saturated heterocycles. The van der Waals surface area contributed by atoms with Gasteiger partial charge in [0.1, 0.15) is 10.8 Å². The van der Waals surface area contributed by atoms with Crippen molar-refractivity contribution >= 4 is 41.5 Å². The van der Waals surface area contributed by atoms with Crippen LogP contribution in [-0.2, 0) is 4.79 Å². The van der Waals surface area contributed by atoms with Crippen LogP contribution in [0.5, 0.6) is 5.75 Å². The topological polar surface area (TPSA) is 41.6 Å². The number of hydrogen-bond donors (Lipinski definition) is 1. The first kappa shape index (κ1) is 19.6. The van der Waals surface area contributed by atoms with E-state index in [1.165, 1.54) is 12.8 Å². The van der Waals surface area contributed by atoms with Crippen LogP contribution < -0.4 is 10.1 Å². The van der Waals surface area contributed by atoms with Crippen LogP contribution in [0.1, 0.15) is 32.1 Å². The van der Waals surface area contributed by atoms with E-state index in [4.69, 9.17) is 27.9 Å². The lowest BCUT2D eigenvalue weighted by molar-refractivity contribution is -0.133. The number of ether oxygens (including phenoxy) is 1. The number of piperidine rings is 1. The molecule has 1 amide bonds. The molecule has 1 N–H and O–H groups in total. The van der Waals surface area contributed by atoms with E-state index in [-0.39, 0.29) is 18.3 Å². The first-order valence-electron chi connectivity index (χ1n) is 8.13. The molecular formula is C17H23Cl3N2O2. The molecule has 24 heavy (non-hydrogen) atoms. The molecule has 0 spiro atoms. The summed E-state index contributed by atoms with van der Waals surface area (Å²) in [6, 6.07) is 6.75. The number of fused-ring (bicyclic) bond motifs is 2. The summed E-state index contributed by atoms with van der Waals surface area (Å²) in [7, 11) is 1.91. The van der Waals surface area contributed by atoms with Gasteiger partial charge in [0.05, 0.1) is 18.1 Å². The van der Waals surface area contributed by atoms with Crippen LogP contribution in [0.3, 0.4) is 0 Å². The first-order valence-corrected chi connectivity index (χ1v) is 8.88. The smallest absolute Gasteiger partial charge is 0.225 e. The highest BCUT2D eigenvalue weighted by Crippen LogP contribution is 2.32. The summed E-state index contributed by atoms with van der Waals surface area (Å²) in [5.41, 5.74) is 0. The van der Waals surface area contributed by atoms with Crippen LogP contribution in [-0.4, -0.2) is 42.6 Å². The molecule has 0 aliphatic carbocycles. The fraction of sp³-hybridized carbons (Fsp3) is 0.588. The lowest BCUT2D eigenvalue weighted by Gasteiger charge is -2.35. The van der Waals surface area contributed by atoms with E-state index in [0.29, 0.717) is 46.9 Å². The molecule has 2 aliphatic rings. The average molecular weight is 394 g/mol. The van der Waals surface area contributed by atoms with E-state index >= 15 is 0 Å². The van der Waals surface area contributed by atoms with Crippen molar-refractivity contribution in [1.29, 1.82) is 0 Å². The summed E-state index contributed by atoms with van der Waals surface area (Å²) < 4.78 is 5.60. The fourth-order valence-electron chi connectivity index (χ4n) is 3.57. The lowest BCUT2D eigenvalue weighted by Crippen LogP contribution is -2.48. The summed E-state index contributed by atoms with van der Waals surface area (Å²) >= 11 is 12.0. The normalized spacial score (nSPS) is 25.0. The van der Waals surface area contributed by atoms with Crippen LogP contribution in [0.25, 0.3) is 0 Å². The van der Waals surface area contributed by atoms with Crippen LogP contribution >= 0.6 is 35.6 Å². The SMILES string of the molecule is CN(C(=O)CCOc1cccc(Cl)c1Cl)C1CC2CCC(C1)N2.Cl. The van der Waals surface area contributed by atoms with Crippen molar-refractivity contribution < 1.29 is 9.53 Å². The second-order valence-corrected chi connectivity index (χ2v) is 7.20. The van der Waals surface area contributed by atoms with Crippen molar-refractivity contribution in [3.63, 3.8) is 0 Å². The fourth-order valence-corrected chi connectivity index (χ4v) is 3.91. The third-order valence-electron chi connectivity index (χ3n) is 4.88. The van der Waals surface area contributed by atoms with E-state index in [9.17, 15) is 4.79 Å². The van der Waals surface area contributed by atoms with Crippen molar-refractivity contribution in [3.8, 4) is 5.75 Å². The minimum absolute atomic E-state index is 0. The van der Waals surface area contributed by atoms with Gasteiger partial charge in [0.15, 0.2) is 0 Å². The van der Waals surface area contributed by atoms with Crippen LogP contribution in [0.4, 0.5) is 0 Å². The quantitative estimate of drug-likeness (QED) is 0.824. The Balaban J connectivity index is 0.00000208. The Hall–Kier alpha value is -0.680. The summed E-state index contributed by atoms with van der Waals surface area (Å²) in [5, 5.41) is 4.45. The zero-order valence-electron chi connectivity index (χ0n) is 13.6. The number of carbonyl (C=O) groups excluding carboxylic acids is 1. The summed E-state index contributed by atoms with van der Waals surface area (Å²) in [5.74, 6) is 0.643. The maximum absolute atomic E-state index is 12.4. The van der Waals surface area contributed by atoms with Crippen LogP contribution in [0, 0.1) is 0 Å². The number of rotatable bonds is 5. The average Bonchev–Trinajstić information content (AvgIpc) is 2.88. The summed E-state index contributed by atoms with van der Waals surface area (Å²) in [6.45, 7) is 0.307. The lowest BCUT2D eigenvalue weighted by atomic mass is 9.98. The molecule has 134 valence electrons. The largest absolute Gasteiger partial charge is 0.491 e. The van der Waals surface area contributed by atoms with Crippen molar-refractivity contribution in [2.75, 3.05) is 13.7 Å². The van der Waals surface area contributed by atoms with E-state index < -0.39 is 0 Å². The molecule has 0 saturated carbocycles. The van der Waals surface area contributed by atoms with Gasteiger partial charge in [-0.1, -0.05) is 29.3 Å². The number of nitrogens with one attached hydrogen (secondary N) is 1. The van der Waals surface area contributed by atoms with E-state index in [2.05, 4.69) is 5.32 Å². The minimum Gasteiger partial charge on any atom is -0.491 e. The van der Waals surface area contributed by atoms with Gasteiger partial charge < -0.3 is 15.0 Å². The molecule has 2 unspecified atom stereocenters. The van der Waals surface area contributed by atoms with Gasteiger partial charge in [0.25, 0.3) is 0 Å². The zero-order valence-corrected chi connectivity index (χ0v) is 16.0. The molecule has 0 radical (unpaired) electrons. The molecule has 2 heterocycles. The number of carbonyl (C=O) groups is 1. The maximum atomic E-state index is 12.4. The second-order valence-electron chi connectivity index (χ2n) is 6.42. The van der Waals surface area contributed by atoms with Crippen LogP contribution in [0.15, 0.2) is 18.2 Å². The van der Waals surface area contributed by atoms with Crippen molar-refractivity contribution in [2.45, 2.75) is 50.2 Å². The highest BCUT2D eigenvalue weighted by Gasteiger charge is 2.36. The zero-order chi connectivity index (χ0) is 16.4. The second kappa shape index (κ2) is 8.61. The van der Waals surface area contributed by atoms with Gasteiger partial charge in [-0.25, -0.2) is 0 Å². The van der Waals surface area contributed by atoms with E-state index in [1.54, 1.807) is 18.2 Å². The van der Waals surface area contributed by atoms with Crippen LogP contribution in [0.2, 0.25) is 10.0 Å². The van der Waals surface area contributed by atoms with Gasteiger partial charge >= 0.3 is 0 Å². The van der Waals surface area contributed by atoms with Gasteiger partial charge in [-0.3, -0.25) is 4.79 Å². The number of halogens is 3. The molecule has 0 aromatic heterocycles. The number of amides is 1. The third-order valence-corrected chi connectivity index (χ3v) is 5.68. The molecular weight excluding hydrogens is 371 g/mol. The molecule has 2 aliphatic heterocycles. The van der Waals surface area contributed by atoms with Crippen molar-refractivity contribution in [2.24, 2.45) is 0 Å². The van der Waals surface area contributed by atoms with E-state index in [1.807, 2.05) is 11.9 Å². The number of nitrogens with zero attached hydrogens (tertiary/aromatic N) is 1.